The monoisotopic (exact) mass is 315 g/mol. The van der Waals surface area contributed by atoms with Crippen molar-refractivity contribution in [2.45, 2.75) is 0 Å². The van der Waals surface area contributed by atoms with Gasteiger partial charge in [-0.3, -0.25) is 10.1 Å². The van der Waals surface area contributed by atoms with E-state index in [2.05, 4.69) is 20.3 Å². The van der Waals surface area contributed by atoms with E-state index in [1.165, 1.54) is 19.2 Å². The second-order valence-electron chi connectivity index (χ2n) is 3.46. The van der Waals surface area contributed by atoms with Gasteiger partial charge in [-0.05, 0) is 35.3 Å². The number of nitrogens with zero attached hydrogens (tertiary/aromatic N) is 4. The van der Waals surface area contributed by atoms with Gasteiger partial charge in [0.1, 0.15) is 11.4 Å². The molecule has 0 unspecified atom stereocenters. The maximum absolute atomic E-state index is 11.0. The van der Waals surface area contributed by atoms with Crippen LogP contribution < -0.4 is 10.1 Å². The summed E-state index contributed by atoms with van der Waals surface area (Å²) in [6, 6.07) is 4.29. The van der Waals surface area contributed by atoms with E-state index in [0.717, 1.165) is 0 Å². The number of hydrogen-bond donors (Lipinski definition) is 1. The molecule has 2 rings (SSSR count). The van der Waals surface area contributed by atoms with E-state index >= 15 is 0 Å². The standard InChI is InChI=1S/C10H7Cl2N5O3/c1-20-5-2-3-6(7(4-5)17(18)19)13-10-15-8(11)14-9(12)16-10/h2-4H,1H3,(H,13,14,15,16). The Kier molecular flexibility index (Phi) is 4.16. The number of anilines is 2. The molecule has 0 spiro atoms. The molecule has 2 aromatic rings. The molecule has 0 amide bonds. The van der Waals surface area contributed by atoms with Crippen LogP contribution in [-0.2, 0) is 0 Å². The Labute approximate surface area is 122 Å². The van der Waals surface area contributed by atoms with Crippen LogP contribution in [0.4, 0.5) is 17.3 Å². The molecule has 0 atom stereocenters. The first-order valence-corrected chi connectivity index (χ1v) is 5.91. The number of nitrogens with one attached hydrogen (secondary N) is 1. The molecule has 1 N–H and O–H groups in total. The summed E-state index contributed by atoms with van der Waals surface area (Å²) in [5, 5.41) is 13.4. The fraction of sp³-hybridized carbons (Fsp3) is 0.100. The fourth-order valence-corrected chi connectivity index (χ4v) is 1.76. The van der Waals surface area contributed by atoms with Crippen molar-refractivity contribution in [3.8, 4) is 5.75 Å². The minimum atomic E-state index is -0.560. The second kappa shape index (κ2) is 5.85. The summed E-state index contributed by atoms with van der Waals surface area (Å²) < 4.78 is 4.93. The lowest BCUT2D eigenvalue weighted by atomic mass is 10.2. The largest absolute Gasteiger partial charge is 0.496 e. The summed E-state index contributed by atoms with van der Waals surface area (Å²) in [6.45, 7) is 0. The average Bonchev–Trinajstić information content (AvgIpc) is 2.37. The number of methoxy groups -OCH3 is 1. The molecule has 0 radical (unpaired) electrons. The Morgan fingerprint density at radius 1 is 1.25 bits per heavy atom. The predicted molar refractivity (Wildman–Crippen MR) is 72.8 cm³/mol. The van der Waals surface area contributed by atoms with E-state index in [0.29, 0.717) is 5.75 Å². The van der Waals surface area contributed by atoms with Gasteiger partial charge in [-0.2, -0.15) is 15.0 Å². The normalized spacial score (nSPS) is 10.2. The van der Waals surface area contributed by atoms with Crippen molar-refractivity contribution in [3.05, 3.63) is 38.9 Å². The second-order valence-corrected chi connectivity index (χ2v) is 4.14. The summed E-state index contributed by atoms with van der Waals surface area (Å²) in [5.41, 5.74) is -0.0221. The molecule has 0 aliphatic rings. The number of rotatable bonds is 4. The van der Waals surface area contributed by atoms with E-state index in [1.807, 2.05) is 0 Å². The first-order chi connectivity index (χ1) is 9.49. The lowest BCUT2D eigenvalue weighted by Crippen LogP contribution is -2.02. The fourth-order valence-electron chi connectivity index (χ4n) is 1.40. The molecule has 1 aromatic heterocycles. The Morgan fingerprint density at radius 2 is 1.90 bits per heavy atom. The highest BCUT2D eigenvalue weighted by Gasteiger charge is 2.16. The molecule has 20 heavy (non-hydrogen) atoms. The van der Waals surface area contributed by atoms with Crippen molar-refractivity contribution in [2.75, 3.05) is 12.4 Å². The number of benzene rings is 1. The van der Waals surface area contributed by atoms with E-state index in [-0.39, 0.29) is 27.9 Å². The zero-order chi connectivity index (χ0) is 14.7. The van der Waals surface area contributed by atoms with Gasteiger partial charge in [0, 0.05) is 0 Å². The van der Waals surface area contributed by atoms with Crippen LogP contribution in [0.25, 0.3) is 0 Å². The molecular weight excluding hydrogens is 309 g/mol. The van der Waals surface area contributed by atoms with Gasteiger partial charge in [-0.25, -0.2) is 0 Å². The topological polar surface area (TPSA) is 103 Å². The minimum Gasteiger partial charge on any atom is -0.496 e. The van der Waals surface area contributed by atoms with Crippen LogP contribution in [0.3, 0.4) is 0 Å². The van der Waals surface area contributed by atoms with Gasteiger partial charge in [0.25, 0.3) is 5.69 Å². The molecule has 0 fully saturated rings. The Hall–Kier alpha value is -2.19. The van der Waals surface area contributed by atoms with Crippen LogP contribution in [0.5, 0.6) is 5.75 Å². The predicted octanol–water partition coefficient (Wildman–Crippen LogP) is 2.84. The first-order valence-electron chi connectivity index (χ1n) is 5.16. The van der Waals surface area contributed by atoms with Crippen molar-refractivity contribution in [1.29, 1.82) is 0 Å². The van der Waals surface area contributed by atoms with E-state index in [9.17, 15) is 10.1 Å². The Morgan fingerprint density at radius 3 is 2.45 bits per heavy atom. The highest BCUT2D eigenvalue weighted by molar-refractivity contribution is 6.31. The van der Waals surface area contributed by atoms with Crippen LogP contribution in [0.1, 0.15) is 0 Å². The van der Waals surface area contributed by atoms with E-state index < -0.39 is 4.92 Å². The SMILES string of the molecule is COc1ccc(Nc2nc(Cl)nc(Cl)n2)c([N+](=O)[O-])c1. The van der Waals surface area contributed by atoms with Crippen LogP contribution in [0.15, 0.2) is 18.2 Å². The molecule has 104 valence electrons. The third-order valence-corrected chi connectivity index (χ3v) is 2.57. The zero-order valence-electron chi connectivity index (χ0n) is 10.0. The summed E-state index contributed by atoms with van der Waals surface area (Å²) in [7, 11) is 1.41. The number of ether oxygens (including phenoxy) is 1. The molecule has 1 aromatic carbocycles. The summed E-state index contributed by atoms with van der Waals surface area (Å²) in [4.78, 5) is 21.6. The third kappa shape index (κ3) is 3.22. The van der Waals surface area contributed by atoms with Crippen molar-refractivity contribution in [2.24, 2.45) is 0 Å². The lowest BCUT2D eigenvalue weighted by Gasteiger charge is -2.07. The highest BCUT2D eigenvalue weighted by atomic mass is 35.5. The Bertz CT molecular complexity index is 647. The van der Waals surface area contributed by atoms with Gasteiger partial charge in [0.15, 0.2) is 0 Å². The zero-order valence-corrected chi connectivity index (χ0v) is 11.5. The molecular formula is C10H7Cl2N5O3. The molecule has 1 heterocycles. The highest BCUT2D eigenvalue weighted by Crippen LogP contribution is 2.30. The van der Waals surface area contributed by atoms with Gasteiger partial charge in [0.05, 0.1) is 18.1 Å². The average molecular weight is 316 g/mol. The maximum atomic E-state index is 11.0. The van der Waals surface area contributed by atoms with Crippen LogP contribution in [0.2, 0.25) is 10.6 Å². The lowest BCUT2D eigenvalue weighted by molar-refractivity contribution is -0.384. The quantitative estimate of drug-likeness (QED) is 0.683. The number of nitro groups is 1. The van der Waals surface area contributed by atoms with Gasteiger partial charge < -0.3 is 10.1 Å². The summed E-state index contributed by atoms with van der Waals surface area (Å²) in [6.07, 6.45) is 0. The summed E-state index contributed by atoms with van der Waals surface area (Å²) in [5.74, 6) is 0.359. The van der Waals surface area contributed by atoms with E-state index in [1.54, 1.807) is 6.07 Å². The molecule has 0 aliphatic heterocycles. The molecule has 0 saturated carbocycles. The van der Waals surface area contributed by atoms with E-state index in [4.69, 9.17) is 27.9 Å². The van der Waals surface area contributed by atoms with Gasteiger partial charge in [-0.15, -0.1) is 0 Å². The van der Waals surface area contributed by atoms with Crippen molar-refractivity contribution in [1.82, 2.24) is 15.0 Å². The molecule has 8 nitrogen and oxygen atoms in total. The van der Waals surface area contributed by atoms with Gasteiger partial charge >= 0.3 is 0 Å². The first kappa shape index (κ1) is 14.2. The molecule has 0 aliphatic carbocycles. The number of halogens is 2. The van der Waals surface area contributed by atoms with Crippen LogP contribution >= 0.6 is 23.2 Å². The van der Waals surface area contributed by atoms with Crippen molar-refractivity contribution >= 4 is 40.5 Å². The van der Waals surface area contributed by atoms with Crippen LogP contribution in [0, 0.1) is 10.1 Å². The molecule has 10 heteroatoms. The maximum Gasteiger partial charge on any atom is 0.296 e. The summed E-state index contributed by atoms with van der Waals surface area (Å²) >= 11 is 11.3. The van der Waals surface area contributed by atoms with Crippen molar-refractivity contribution < 1.29 is 9.66 Å². The number of nitro benzene ring substituents is 1. The number of aromatic nitrogens is 3. The number of hydrogen-bond acceptors (Lipinski definition) is 7. The minimum absolute atomic E-state index is 0.00302. The smallest absolute Gasteiger partial charge is 0.296 e. The van der Waals surface area contributed by atoms with Crippen molar-refractivity contribution in [3.63, 3.8) is 0 Å². The third-order valence-electron chi connectivity index (χ3n) is 2.23. The Balaban J connectivity index is 2.39. The molecule has 0 bridgehead atoms. The van der Waals surface area contributed by atoms with Crippen LogP contribution in [-0.4, -0.2) is 27.0 Å². The van der Waals surface area contributed by atoms with Gasteiger partial charge in [0.2, 0.25) is 16.5 Å². The van der Waals surface area contributed by atoms with Gasteiger partial charge in [-0.1, -0.05) is 0 Å². The molecule has 0 saturated heterocycles.